The molecule has 0 spiro atoms. The van der Waals surface area contributed by atoms with Crippen LogP contribution in [0.5, 0.6) is 0 Å². The Morgan fingerprint density at radius 3 is 2.86 bits per heavy atom. The van der Waals surface area contributed by atoms with E-state index in [0.717, 1.165) is 13.2 Å². The fourth-order valence-electron chi connectivity index (χ4n) is 2.39. The number of nitro benzene ring substituents is 1. The van der Waals surface area contributed by atoms with Gasteiger partial charge in [-0.1, -0.05) is 0 Å². The van der Waals surface area contributed by atoms with Crippen molar-refractivity contribution in [3.05, 3.63) is 33.6 Å². The first-order chi connectivity index (χ1) is 9.93. The molecule has 0 bridgehead atoms. The molecule has 7 nitrogen and oxygen atoms in total. The van der Waals surface area contributed by atoms with Crippen molar-refractivity contribution in [1.29, 1.82) is 0 Å². The van der Waals surface area contributed by atoms with Crippen LogP contribution >= 0.6 is 0 Å². The molecule has 0 amide bonds. The number of ether oxygens (including phenoxy) is 1. The summed E-state index contributed by atoms with van der Waals surface area (Å²) < 4.78 is 18.3. The average Bonchev–Trinajstić information content (AvgIpc) is 2.46. The normalized spacial score (nSPS) is 18.4. The van der Waals surface area contributed by atoms with Crippen LogP contribution in [0, 0.1) is 15.9 Å². The van der Waals surface area contributed by atoms with Crippen molar-refractivity contribution in [3.8, 4) is 0 Å². The van der Waals surface area contributed by atoms with Gasteiger partial charge < -0.3 is 14.7 Å². The number of halogens is 1. The minimum absolute atomic E-state index is 0.112. The van der Waals surface area contributed by atoms with E-state index in [9.17, 15) is 24.4 Å². The number of aliphatic hydroxyl groups excluding tert-OH is 1. The van der Waals surface area contributed by atoms with Gasteiger partial charge in [-0.2, -0.15) is 0 Å². The molecule has 8 heteroatoms. The lowest BCUT2D eigenvalue weighted by Gasteiger charge is -2.31. The maximum absolute atomic E-state index is 13.8. The first-order valence-electron chi connectivity index (χ1n) is 6.43. The molecule has 0 radical (unpaired) electrons. The van der Waals surface area contributed by atoms with Crippen LogP contribution in [0.2, 0.25) is 0 Å². The molecule has 1 N–H and O–H groups in total. The van der Waals surface area contributed by atoms with E-state index in [4.69, 9.17) is 0 Å². The number of methoxy groups -OCH3 is 1. The monoisotopic (exact) mass is 298 g/mol. The Morgan fingerprint density at radius 1 is 1.57 bits per heavy atom. The van der Waals surface area contributed by atoms with Gasteiger partial charge in [-0.15, -0.1) is 0 Å². The van der Waals surface area contributed by atoms with Crippen LogP contribution in [0.3, 0.4) is 0 Å². The summed E-state index contributed by atoms with van der Waals surface area (Å²) >= 11 is 0. The van der Waals surface area contributed by atoms with Gasteiger partial charge in [0.1, 0.15) is 11.5 Å². The van der Waals surface area contributed by atoms with Crippen LogP contribution in [-0.4, -0.2) is 42.3 Å². The number of nitrogens with zero attached hydrogens (tertiary/aromatic N) is 2. The Balaban J connectivity index is 2.50. The summed E-state index contributed by atoms with van der Waals surface area (Å²) in [5, 5.41) is 20.8. The molecule has 1 saturated heterocycles. The van der Waals surface area contributed by atoms with Crippen molar-refractivity contribution >= 4 is 17.3 Å². The molecule has 0 aromatic heterocycles. The minimum Gasteiger partial charge on any atom is -0.465 e. The Morgan fingerprint density at radius 2 is 2.29 bits per heavy atom. The zero-order valence-corrected chi connectivity index (χ0v) is 11.4. The smallest absolute Gasteiger partial charge is 0.340 e. The van der Waals surface area contributed by atoms with Crippen LogP contribution < -0.4 is 4.90 Å². The lowest BCUT2D eigenvalue weighted by molar-refractivity contribution is -0.384. The summed E-state index contributed by atoms with van der Waals surface area (Å²) in [5.74, 6) is -1.91. The van der Waals surface area contributed by atoms with Gasteiger partial charge in [0.2, 0.25) is 0 Å². The predicted molar refractivity (Wildman–Crippen MR) is 71.8 cm³/mol. The number of piperidine rings is 1. The Hall–Kier alpha value is -2.22. The van der Waals surface area contributed by atoms with Crippen LogP contribution in [0.4, 0.5) is 15.8 Å². The van der Waals surface area contributed by atoms with E-state index in [1.165, 1.54) is 0 Å². The lowest BCUT2D eigenvalue weighted by Crippen LogP contribution is -2.38. The van der Waals surface area contributed by atoms with Gasteiger partial charge >= 0.3 is 5.97 Å². The largest absolute Gasteiger partial charge is 0.465 e. The fourth-order valence-corrected chi connectivity index (χ4v) is 2.39. The number of hydrogen-bond donors (Lipinski definition) is 1. The van der Waals surface area contributed by atoms with Crippen molar-refractivity contribution in [1.82, 2.24) is 0 Å². The summed E-state index contributed by atoms with van der Waals surface area (Å²) in [6, 6.07) is 1.82. The topological polar surface area (TPSA) is 92.9 Å². The van der Waals surface area contributed by atoms with Crippen LogP contribution in [0.1, 0.15) is 23.2 Å². The third kappa shape index (κ3) is 3.10. The number of β-amino-alcohol motifs (C(OH)–C–C–N with tert-alkyl or cyclic N) is 1. The van der Waals surface area contributed by atoms with E-state index in [-0.39, 0.29) is 17.8 Å². The number of benzene rings is 1. The van der Waals surface area contributed by atoms with E-state index < -0.39 is 28.5 Å². The van der Waals surface area contributed by atoms with E-state index in [1.807, 2.05) is 0 Å². The number of rotatable bonds is 3. The maximum Gasteiger partial charge on any atom is 0.340 e. The second-order valence-corrected chi connectivity index (χ2v) is 4.81. The molecular weight excluding hydrogens is 283 g/mol. The van der Waals surface area contributed by atoms with Gasteiger partial charge in [0.15, 0.2) is 0 Å². The predicted octanol–water partition coefficient (Wildman–Crippen LogP) is 1.48. The summed E-state index contributed by atoms with van der Waals surface area (Å²) in [5.41, 5.74) is -0.687. The standard InChI is InChI=1S/C13H15FN2O5/c1-21-13(18)9-5-11(12(16(19)20)6-10(9)14)15-4-2-3-8(17)7-15/h5-6,8,17H,2-4,7H2,1H3. The first kappa shape index (κ1) is 15.2. The molecule has 1 aromatic rings. The van der Waals surface area contributed by atoms with Crippen molar-refractivity contribution in [3.63, 3.8) is 0 Å². The zero-order chi connectivity index (χ0) is 15.6. The number of carbonyl (C=O) groups excluding carboxylic acids is 1. The molecular formula is C13H15FN2O5. The van der Waals surface area contributed by atoms with Crippen molar-refractivity contribution in [2.45, 2.75) is 18.9 Å². The molecule has 2 rings (SSSR count). The van der Waals surface area contributed by atoms with Crippen LogP contribution in [0.15, 0.2) is 12.1 Å². The summed E-state index contributed by atoms with van der Waals surface area (Å²) in [6.07, 6.45) is 0.656. The summed E-state index contributed by atoms with van der Waals surface area (Å²) in [7, 11) is 1.10. The Bertz CT molecular complexity index is 578. The highest BCUT2D eigenvalue weighted by molar-refractivity contribution is 5.92. The van der Waals surface area contributed by atoms with Gasteiger partial charge in [-0.3, -0.25) is 10.1 Å². The average molecular weight is 298 g/mol. The Kier molecular flexibility index (Phi) is 4.37. The number of aliphatic hydroxyl groups is 1. The van der Waals surface area contributed by atoms with E-state index >= 15 is 0 Å². The molecule has 0 aliphatic carbocycles. The molecule has 1 aliphatic heterocycles. The number of anilines is 1. The van der Waals surface area contributed by atoms with E-state index in [0.29, 0.717) is 25.5 Å². The molecule has 1 heterocycles. The summed E-state index contributed by atoms with van der Waals surface area (Å²) in [6.45, 7) is 0.692. The molecule has 1 fully saturated rings. The molecule has 1 aromatic carbocycles. The van der Waals surface area contributed by atoms with E-state index in [1.54, 1.807) is 4.90 Å². The number of hydrogen-bond acceptors (Lipinski definition) is 6. The second-order valence-electron chi connectivity index (χ2n) is 4.81. The number of esters is 1. The number of carbonyl (C=O) groups is 1. The van der Waals surface area contributed by atoms with Crippen molar-refractivity contribution < 1.29 is 24.0 Å². The Labute approximate surface area is 120 Å². The quantitative estimate of drug-likeness (QED) is 0.516. The molecule has 1 atom stereocenters. The highest BCUT2D eigenvalue weighted by Gasteiger charge is 2.28. The summed E-state index contributed by atoms with van der Waals surface area (Å²) in [4.78, 5) is 23.5. The van der Waals surface area contributed by atoms with E-state index in [2.05, 4.69) is 4.74 Å². The highest BCUT2D eigenvalue weighted by atomic mass is 19.1. The van der Waals surface area contributed by atoms with Gasteiger partial charge in [0, 0.05) is 13.1 Å². The van der Waals surface area contributed by atoms with Gasteiger partial charge in [0.05, 0.1) is 29.8 Å². The minimum atomic E-state index is -1.00. The third-order valence-corrected chi connectivity index (χ3v) is 3.40. The highest BCUT2D eigenvalue weighted by Crippen LogP contribution is 2.33. The molecule has 0 saturated carbocycles. The van der Waals surface area contributed by atoms with Crippen molar-refractivity contribution in [2.24, 2.45) is 0 Å². The fraction of sp³-hybridized carbons (Fsp3) is 0.462. The lowest BCUT2D eigenvalue weighted by atomic mass is 10.1. The molecule has 21 heavy (non-hydrogen) atoms. The van der Waals surface area contributed by atoms with Gasteiger partial charge in [-0.25, -0.2) is 9.18 Å². The first-order valence-corrected chi connectivity index (χ1v) is 6.43. The second kappa shape index (κ2) is 6.04. The van der Waals surface area contributed by atoms with Crippen LogP contribution in [-0.2, 0) is 4.74 Å². The third-order valence-electron chi connectivity index (χ3n) is 3.40. The van der Waals surface area contributed by atoms with Crippen LogP contribution in [0.25, 0.3) is 0 Å². The van der Waals surface area contributed by atoms with Crippen molar-refractivity contribution in [2.75, 3.05) is 25.1 Å². The molecule has 1 unspecified atom stereocenters. The molecule has 114 valence electrons. The zero-order valence-electron chi connectivity index (χ0n) is 11.4. The SMILES string of the molecule is COC(=O)c1cc(N2CCCC(O)C2)c([N+](=O)[O-])cc1F. The number of nitro groups is 1. The van der Waals surface area contributed by atoms with Gasteiger partial charge in [0.25, 0.3) is 5.69 Å². The van der Waals surface area contributed by atoms with Gasteiger partial charge in [-0.05, 0) is 18.9 Å². The maximum atomic E-state index is 13.8. The molecule has 1 aliphatic rings.